The van der Waals surface area contributed by atoms with Crippen LogP contribution >= 0.6 is 46.4 Å². The van der Waals surface area contributed by atoms with Crippen LogP contribution in [0.5, 0.6) is 0 Å². The third-order valence-electron chi connectivity index (χ3n) is 1.10. The molecule has 0 radical (unpaired) electrons. The van der Waals surface area contributed by atoms with E-state index in [0.717, 1.165) is 0 Å². The lowest BCUT2D eigenvalue weighted by Gasteiger charge is -2.18. The van der Waals surface area contributed by atoms with Gasteiger partial charge in [0.1, 0.15) is 4.33 Å². The zero-order valence-corrected chi connectivity index (χ0v) is 9.09. The third-order valence-corrected chi connectivity index (χ3v) is 2.51. The van der Waals surface area contributed by atoms with E-state index in [1.54, 1.807) is 0 Å². The Morgan fingerprint density at radius 2 is 2.00 bits per heavy atom. The molecule has 0 fully saturated rings. The number of carbonyl (C=O) groups is 1. The lowest BCUT2D eigenvalue weighted by Crippen LogP contribution is -2.23. The van der Waals surface area contributed by atoms with Gasteiger partial charge in [-0.15, -0.1) is 46.4 Å². The summed E-state index contributed by atoms with van der Waals surface area (Å²) in [4.78, 5) is 10.2. The minimum atomic E-state index is -1.33. The highest BCUT2D eigenvalue weighted by atomic mass is 35.5. The summed E-state index contributed by atoms with van der Waals surface area (Å²) in [6, 6.07) is 0. The molecule has 6 heteroatoms. The summed E-state index contributed by atoms with van der Waals surface area (Å²) < 4.78 is -1.33. The van der Waals surface area contributed by atoms with Gasteiger partial charge in [0.05, 0.1) is 6.42 Å². The van der Waals surface area contributed by atoms with Crippen molar-refractivity contribution < 1.29 is 9.90 Å². The molecule has 0 aliphatic carbocycles. The molecule has 0 heterocycles. The summed E-state index contributed by atoms with van der Waals surface area (Å²) in [6.07, 6.45) is -0.177. The van der Waals surface area contributed by atoms with Crippen LogP contribution in [0, 0.1) is 0 Å². The van der Waals surface area contributed by atoms with Crippen molar-refractivity contribution in [1.29, 1.82) is 0 Å². The Kier molecular flexibility index (Phi) is 5.66. The highest BCUT2D eigenvalue weighted by molar-refractivity contribution is 6.49. The number of hydrogen-bond acceptors (Lipinski definition) is 1. The molecule has 0 rings (SSSR count). The summed E-state index contributed by atoms with van der Waals surface area (Å²) in [5.41, 5.74) is 0. The van der Waals surface area contributed by atoms with E-state index in [1.807, 2.05) is 0 Å². The molecule has 0 aliphatic rings. The number of carboxylic acid groups (broad SMARTS) is 1. The van der Waals surface area contributed by atoms with Crippen molar-refractivity contribution in [3.8, 4) is 0 Å². The first-order valence-electron chi connectivity index (χ1n) is 3.17. The molecule has 72 valence electrons. The van der Waals surface area contributed by atoms with Crippen LogP contribution in [0.25, 0.3) is 0 Å². The zero-order valence-electron chi connectivity index (χ0n) is 6.07. The molecule has 12 heavy (non-hydrogen) atoms. The summed E-state index contributed by atoms with van der Waals surface area (Å²) in [5, 5.41) is 7.99. The van der Waals surface area contributed by atoms with Gasteiger partial charge in [-0.1, -0.05) is 0 Å². The van der Waals surface area contributed by atoms with E-state index in [1.165, 1.54) is 0 Å². The largest absolute Gasteiger partial charge is 0.481 e. The fourth-order valence-corrected chi connectivity index (χ4v) is 1.80. The van der Waals surface area contributed by atoms with Crippen molar-refractivity contribution in [2.75, 3.05) is 5.88 Å². The molecular formula is C6H8Cl4O2. The minimum Gasteiger partial charge on any atom is -0.481 e. The summed E-state index contributed by atoms with van der Waals surface area (Å²) in [6.45, 7) is 0. The monoisotopic (exact) mass is 252 g/mol. The van der Waals surface area contributed by atoms with Crippen LogP contribution < -0.4 is 0 Å². The van der Waals surface area contributed by atoms with Crippen molar-refractivity contribution >= 4 is 52.4 Å². The highest BCUT2D eigenvalue weighted by Gasteiger charge is 2.30. The van der Waals surface area contributed by atoms with Gasteiger partial charge in [0.2, 0.25) is 0 Å². The van der Waals surface area contributed by atoms with Gasteiger partial charge in [0, 0.05) is 11.3 Å². The van der Waals surface area contributed by atoms with Gasteiger partial charge in [0.15, 0.2) is 0 Å². The first-order chi connectivity index (χ1) is 5.37. The van der Waals surface area contributed by atoms with E-state index < -0.39 is 15.7 Å². The van der Waals surface area contributed by atoms with E-state index in [9.17, 15) is 4.79 Å². The van der Waals surface area contributed by atoms with Crippen LogP contribution in [0.1, 0.15) is 12.8 Å². The number of halogens is 4. The van der Waals surface area contributed by atoms with Gasteiger partial charge < -0.3 is 5.11 Å². The Balaban J connectivity index is 3.94. The second kappa shape index (κ2) is 5.38. The number of carboxylic acids is 1. The zero-order chi connectivity index (χ0) is 9.78. The summed E-state index contributed by atoms with van der Waals surface area (Å²) in [7, 11) is 0. The predicted molar refractivity (Wildman–Crippen MR) is 51.7 cm³/mol. The van der Waals surface area contributed by atoms with Crippen LogP contribution in [0.2, 0.25) is 0 Å². The molecule has 1 unspecified atom stereocenters. The van der Waals surface area contributed by atoms with Gasteiger partial charge in [-0.3, -0.25) is 4.79 Å². The molecule has 0 bridgehead atoms. The number of hydrogen-bond donors (Lipinski definition) is 1. The van der Waals surface area contributed by atoms with Crippen LogP contribution in [-0.4, -0.2) is 26.7 Å². The van der Waals surface area contributed by atoms with Crippen LogP contribution in [0.3, 0.4) is 0 Å². The highest BCUT2D eigenvalue weighted by Crippen LogP contribution is 2.32. The lowest BCUT2D eigenvalue weighted by atomic mass is 10.2. The standard InChI is InChI=1S/C6H8Cl4O2/c7-3-4(8)1-6(9,10)2-5(11)12/h4H,1-3H2,(H,11,12). The quantitative estimate of drug-likeness (QED) is 0.766. The third kappa shape index (κ3) is 6.18. The van der Waals surface area contributed by atoms with Gasteiger partial charge in [-0.05, 0) is 6.42 Å². The number of alkyl halides is 4. The Labute approximate surface area is 90.7 Å². The van der Waals surface area contributed by atoms with E-state index in [0.29, 0.717) is 0 Å². The molecule has 0 aromatic rings. The molecule has 0 aromatic carbocycles. The maximum absolute atomic E-state index is 10.2. The molecular weight excluding hydrogens is 246 g/mol. The fourth-order valence-electron chi connectivity index (χ4n) is 0.672. The molecule has 0 spiro atoms. The van der Waals surface area contributed by atoms with Crippen LogP contribution in [-0.2, 0) is 4.79 Å². The number of aliphatic carboxylic acids is 1. The van der Waals surface area contributed by atoms with E-state index in [2.05, 4.69) is 0 Å². The molecule has 0 aliphatic heterocycles. The molecule has 0 aromatic heterocycles. The van der Waals surface area contributed by atoms with Gasteiger partial charge in [-0.2, -0.15) is 0 Å². The molecule has 1 N–H and O–H groups in total. The predicted octanol–water partition coefficient (Wildman–Crippen LogP) is 2.87. The maximum Gasteiger partial charge on any atom is 0.306 e. The Bertz CT molecular complexity index is 160. The fraction of sp³-hybridized carbons (Fsp3) is 0.833. The Hall–Kier alpha value is 0.630. The van der Waals surface area contributed by atoms with Gasteiger partial charge in [-0.25, -0.2) is 0 Å². The first-order valence-corrected chi connectivity index (χ1v) is 4.90. The lowest BCUT2D eigenvalue weighted by molar-refractivity contribution is -0.137. The Morgan fingerprint density at radius 3 is 2.33 bits per heavy atom. The second-order valence-electron chi connectivity index (χ2n) is 2.38. The molecule has 0 amide bonds. The van der Waals surface area contributed by atoms with E-state index in [4.69, 9.17) is 51.5 Å². The van der Waals surface area contributed by atoms with Crippen molar-refractivity contribution in [2.24, 2.45) is 0 Å². The number of rotatable bonds is 5. The average molecular weight is 254 g/mol. The Morgan fingerprint density at radius 1 is 1.50 bits per heavy atom. The molecule has 0 saturated carbocycles. The smallest absolute Gasteiger partial charge is 0.306 e. The van der Waals surface area contributed by atoms with Crippen molar-refractivity contribution in [1.82, 2.24) is 0 Å². The average Bonchev–Trinajstić information content (AvgIpc) is 1.83. The topological polar surface area (TPSA) is 37.3 Å². The SMILES string of the molecule is O=C(O)CC(Cl)(Cl)CC(Cl)CCl. The van der Waals surface area contributed by atoms with Crippen molar-refractivity contribution in [2.45, 2.75) is 22.6 Å². The summed E-state index contributed by atoms with van der Waals surface area (Å²) in [5.74, 6) is -0.860. The first kappa shape index (κ1) is 12.6. The van der Waals surface area contributed by atoms with E-state index in [-0.39, 0.29) is 18.7 Å². The van der Waals surface area contributed by atoms with Crippen LogP contribution in [0.15, 0.2) is 0 Å². The molecule has 2 nitrogen and oxygen atoms in total. The summed E-state index contributed by atoms with van der Waals surface area (Å²) >= 11 is 22.3. The van der Waals surface area contributed by atoms with Gasteiger partial charge in [0.25, 0.3) is 0 Å². The van der Waals surface area contributed by atoms with Crippen LogP contribution in [0.4, 0.5) is 0 Å². The van der Waals surface area contributed by atoms with Crippen molar-refractivity contribution in [3.05, 3.63) is 0 Å². The second-order valence-corrected chi connectivity index (χ2v) is 4.95. The normalized spacial score (nSPS) is 14.3. The molecule has 1 atom stereocenters. The minimum absolute atomic E-state index is 0.160. The van der Waals surface area contributed by atoms with Gasteiger partial charge >= 0.3 is 5.97 Å². The van der Waals surface area contributed by atoms with E-state index >= 15 is 0 Å². The maximum atomic E-state index is 10.2. The van der Waals surface area contributed by atoms with Crippen molar-refractivity contribution in [3.63, 3.8) is 0 Å². The molecule has 0 saturated heterocycles.